The molecule has 0 aliphatic rings. The summed E-state index contributed by atoms with van der Waals surface area (Å²) >= 11 is 0. The molecular weight excluding hydrogens is 222 g/mol. The van der Waals surface area contributed by atoms with Gasteiger partial charge < -0.3 is 4.98 Å². The van der Waals surface area contributed by atoms with Crippen LogP contribution in [-0.2, 0) is 0 Å². The molecule has 0 atom stereocenters. The van der Waals surface area contributed by atoms with Crippen LogP contribution < -0.4 is 0 Å². The van der Waals surface area contributed by atoms with Crippen molar-refractivity contribution in [3.63, 3.8) is 0 Å². The fraction of sp³-hybridized carbons (Fsp3) is 0.133. The van der Waals surface area contributed by atoms with Crippen LogP contribution in [0.3, 0.4) is 0 Å². The van der Waals surface area contributed by atoms with E-state index < -0.39 is 0 Å². The summed E-state index contributed by atoms with van der Waals surface area (Å²) in [5.41, 5.74) is 7.07. The first kappa shape index (κ1) is 9.71. The Kier molecular flexibility index (Phi) is 1.69. The van der Waals surface area contributed by atoms with Crippen molar-refractivity contribution in [2.45, 2.75) is 13.8 Å². The van der Waals surface area contributed by atoms with Gasteiger partial charge in [0, 0.05) is 0 Å². The third kappa shape index (κ3) is 1.11. The van der Waals surface area contributed by atoms with Gasteiger partial charge in [-0.1, -0.05) is 18.2 Å². The molecule has 18 heavy (non-hydrogen) atoms. The number of H-pyrrole nitrogens is 1. The Morgan fingerprint density at radius 2 is 1.89 bits per heavy atom. The van der Waals surface area contributed by atoms with Crippen molar-refractivity contribution < 1.29 is 0 Å². The van der Waals surface area contributed by atoms with Gasteiger partial charge in [-0.25, -0.2) is 4.98 Å². The fourth-order valence-electron chi connectivity index (χ4n) is 2.75. The maximum Gasteiger partial charge on any atom is 0.213 e. The van der Waals surface area contributed by atoms with Gasteiger partial charge in [0.05, 0.1) is 22.1 Å². The predicted octanol–water partition coefficient (Wildman–Crippen LogP) is 3.59. The molecule has 0 aliphatic heterocycles. The van der Waals surface area contributed by atoms with Crippen LogP contribution in [0, 0.1) is 13.8 Å². The molecule has 0 spiro atoms. The van der Waals surface area contributed by atoms with E-state index >= 15 is 0 Å². The van der Waals surface area contributed by atoms with Crippen LogP contribution in [0.1, 0.15) is 11.1 Å². The Hall–Kier alpha value is -2.29. The SMILES string of the molecule is Cc1cc(C)c2nc3[nH]c4ccccc4n3c2c1. The van der Waals surface area contributed by atoms with Gasteiger partial charge in [0.2, 0.25) is 5.78 Å². The van der Waals surface area contributed by atoms with E-state index in [0.717, 1.165) is 16.8 Å². The van der Waals surface area contributed by atoms with Gasteiger partial charge in [-0.15, -0.1) is 0 Å². The number of imidazole rings is 2. The molecule has 0 bridgehead atoms. The lowest BCUT2D eigenvalue weighted by molar-refractivity contribution is 1.27. The van der Waals surface area contributed by atoms with E-state index in [0.29, 0.717) is 0 Å². The molecule has 0 saturated heterocycles. The monoisotopic (exact) mass is 235 g/mol. The molecule has 3 nitrogen and oxygen atoms in total. The zero-order chi connectivity index (χ0) is 12.3. The van der Waals surface area contributed by atoms with Gasteiger partial charge >= 0.3 is 0 Å². The molecule has 0 aliphatic carbocycles. The number of nitrogens with one attached hydrogen (secondary N) is 1. The molecule has 88 valence electrons. The van der Waals surface area contributed by atoms with E-state index in [1.807, 2.05) is 6.07 Å². The summed E-state index contributed by atoms with van der Waals surface area (Å²) in [5, 5.41) is 0. The van der Waals surface area contributed by atoms with Gasteiger partial charge in [0.25, 0.3) is 0 Å². The second-order valence-electron chi connectivity index (χ2n) is 4.86. The van der Waals surface area contributed by atoms with E-state index in [-0.39, 0.29) is 0 Å². The number of nitrogens with zero attached hydrogens (tertiary/aromatic N) is 2. The highest BCUT2D eigenvalue weighted by Crippen LogP contribution is 2.25. The Balaban J connectivity index is 2.33. The smallest absolute Gasteiger partial charge is 0.213 e. The van der Waals surface area contributed by atoms with Crippen LogP contribution >= 0.6 is 0 Å². The summed E-state index contributed by atoms with van der Waals surface area (Å²) in [5.74, 6) is 0.917. The molecule has 2 aromatic heterocycles. The van der Waals surface area contributed by atoms with E-state index in [2.05, 4.69) is 53.6 Å². The quantitative estimate of drug-likeness (QED) is 0.496. The highest BCUT2D eigenvalue weighted by molar-refractivity contribution is 5.91. The van der Waals surface area contributed by atoms with Gasteiger partial charge in [-0.2, -0.15) is 0 Å². The number of rotatable bonds is 0. The number of hydrogen-bond donors (Lipinski definition) is 1. The Morgan fingerprint density at radius 1 is 1.06 bits per heavy atom. The highest BCUT2D eigenvalue weighted by atomic mass is 15.1. The molecular formula is C15H13N3. The third-order valence-corrected chi connectivity index (χ3v) is 3.49. The number of aromatic amines is 1. The van der Waals surface area contributed by atoms with Crippen LogP contribution in [0.2, 0.25) is 0 Å². The molecule has 1 N–H and O–H groups in total. The van der Waals surface area contributed by atoms with E-state index in [1.54, 1.807) is 0 Å². The summed E-state index contributed by atoms with van der Waals surface area (Å²) in [6, 6.07) is 12.7. The van der Waals surface area contributed by atoms with E-state index in [4.69, 9.17) is 4.98 Å². The van der Waals surface area contributed by atoms with Crippen molar-refractivity contribution >= 4 is 27.8 Å². The largest absolute Gasteiger partial charge is 0.323 e. The van der Waals surface area contributed by atoms with Gasteiger partial charge in [0.15, 0.2) is 0 Å². The van der Waals surface area contributed by atoms with Crippen LogP contribution in [0.25, 0.3) is 27.8 Å². The van der Waals surface area contributed by atoms with Crippen LogP contribution in [0.4, 0.5) is 0 Å². The maximum absolute atomic E-state index is 4.70. The zero-order valence-electron chi connectivity index (χ0n) is 10.4. The lowest BCUT2D eigenvalue weighted by atomic mass is 10.1. The fourth-order valence-corrected chi connectivity index (χ4v) is 2.75. The molecule has 3 heteroatoms. The Bertz CT molecular complexity index is 896. The Labute approximate surface area is 104 Å². The van der Waals surface area contributed by atoms with Gasteiger partial charge in [-0.3, -0.25) is 4.40 Å². The lowest BCUT2D eigenvalue weighted by Gasteiger charge is -1.99. The topological polar surface area (TPSA) is 33.1 Å². The number of para-hydroxylation sites is 2. The first-order valence-corrected chi connectivity index (χ1v) is 6.10. The van der Waals surface area contributed by atoms with E-state index in [9.17, 15) is 0 Å². The number of aryl methyl sites for hydroxylation is 2. The molecule has 0 unspecified atom stereocenters. The highest BCUT2D eigenvalue weighted by Gasteiger charge is 2.11. The minimum absolute atomic E-state index is 0.917. The Morgan fingerprint density at radius 3 is 2.78 bits per heavy atom. The number of benzene rings is 2. The van der Waals surface area contributed by atoms with Crippen LogP contribution in [0.15, 0.2) is 36.4 Å². The first-order valence-electron chi connectivity index (χ1n) is 6.10. The first-order chi connectivity index (χ1) is 8.74. The zero-order valence-corrected chi connectivity index (χ0v) is 10.4. The van der Waals surface area contributed by atoms with Gasteiger partial charge in [0.1, 0.15) is 0 Å². The summed E-state index contributed by atoms with van der Waals surface area (Å²) in [4.78, 5) is 8.07. The molecule has 0 amide bonds. The standard InChI is InChI=1S/C15H13N3/c1-9-7-10(2)14-13(8-9)18-12-6-4-3-5-11(12)16-15(18)17-14/h3-8H,1-2H3,(H,16,17). The van der Waals surface area contributed by atoms with Crippen molar-refractivity contribution in [2.24, 2.45) is 0 Å². The lowest BCUT2D eigenvalue weighted by Crippen LogP contribution is -1.83. The van der Waals surface area contributed by atoms with Crippen molar-refractivity contribution in [1.29, 1.82) is 0 Å². The minimum atomic E-state index is 0.917. The van der Waals surface area contributed by atoms with Crippen molar-refractivity contribution in [3.05, 3.63) is 47.5 Å². The van der Waals surface area contributed by atoms with Gasteiger partial charge in [-0.05, 0) is 43.2 Å². The van der Waals surface area contributed by atoms with Crippen LogP contribution in [-0.4, -0.2) is 14.4 Å². The number of hydrogen-bond acceptors (Lipinski definition) is 1. The molecule has 4 aromatic rings. The average molecular weight is 235 g/mol. The van der Waals surface area contributed by atoms with E-state index in [1.165, 1.54) is 22.2 Å². The minimum Gasteiger partial charge on any atom is -0.323 e. The summed E-state index contributed by atoms with van der Waals surface area (Å²) in [7, 11) is 0. The second-order valence-corrected chi connectivity index (χ2v) is 4.86. The maximum atomic E-state index is 4.70. The third-order valence-electron chi connectivity index (χ3n) is 3.49. The van der Waals surface area contributed by atoms with Crippen LogP contribution in [0.5, 0.6) is 0 Å². The normalized spacial score (nSPS) is 11.9. The number of fused-ring (bicyclic) bond motifs is 5. The molecule has 0 radical (unpaired) electrons. The van der Waals surface area contributed by atoms with Crippen molar-refractivity contribution in [3.8, 4) is 0 Å². The molecule has 2 aromatic carbocycles. The number of aromatic nitrogens is 3. The molecule has 0 fully saturated rings. The second kappa shape index (κ2) is 3.13. The van der Waals surface area contributed by atoms with Crippen molar-refractivity contribution in [1.82, 2.24) is 14.4 Å². The summed E-state index contributed by atoms with van der Waals surface area (Å²) in [6.45, 7) is 4.24. The summed E-state index contributed by atoms with van der Waals surface area (Å²) < 4.78 is 2.20. The molecule has 2 heterocycles. The molecule has 0 saturated carbocycles. The predicted molar refractivity (Wildman–Crippen MR) is 74.0 cm³/mol. The van der Waals surface area contributed by atoms with Crippen molar-refractivity contribution in [2.75, 3.05) is 0 Å². The average Bonchev–Trinajstić information content (AvgIpc) is 2.85. The molecule has 4 rings (SSSR count). The summed E-state index contributed by atoms with van der Waals surface area (Å²) in [6.07, 6.45) is 0.